The molecule has 2 aromatic carbocycles. The lowest BCUT2D eigenvalue weighted by atomic mass is 10.1. The highest BCUT2D eigenvalue weighted by Crippen LogP contribution is 2.18. The van der Waals surface area contributed by atoms with Crippen LogP contribution >= 0.6 is 0 Å². The number of carbonyl (C=O) groups excluding carboxylic acids is 1. The Kier molecular flexibility index (Phi) is 5.86. The zero-order valence-corrected chi connectivity index (χ0v) is 14.3. The highest BCUT2D eigenvalue weighted by atomic mass is 16.5. The summed E-state index contributed by atoms with van der Waals surface area (Å²) in [6, 6.07) is 14.1. The normalized spacial score (nSPS) is 17.5. The number of hydrogen-bond acceptors (Lipinski definition) is 4. The molecule has 6 nitrogen and oxygen atoms in total. The number of amides is 1. The number of carbonyl (C=O) groups is 2. The molecule has 1 aliphatic rings. The maximum Gasteiger partial charge on any atom is 0.330 e. The second kappa shape index (κ2) is 8.49. The van der Waals surface area contributed by atoms with E-state index in [1.165, 1.54) is 0 Å². The number of ether oxygens (including phenoxy) is 2. The molecule has 1 heterocycles. The van der Waals surface area contributed by atoms with Gasteiger partial charge in [-0.3, -0.25) is 4.79 Å². The van der Waals surface area contributed by atoms with Crippen LogP contribution in [0.3, 0.4) is 0 Å². The Morgan fingerprint density at radius 2 is 1.88 bits per heavy atom. The van der Waals surface area contributed by atoms with Gasteiger partial charge in [0.2, 0.25) is 0 Å². The third-order valence-corrected chi connectivity index (χ3v) is 4.23. The van der Waals surface area contributed by atoms with Gasteiger partial charge in [0, 0.05) is 12.2 Å². The fourth-order valence-corrected chi connectivity index (χ4v) is 2.82. The maximum atomic E-state index is 12.4. The van der Waals surface area contributed by atoms with Crippen LogP contribution < -0.4 is 10.1 Å². The Balaban J connectivity index is 1.60. The van der Waals surface area contributed by atoms with Crippen LogP contribution in [0.15, 0.2) is 54.6 Å². The SMILES string of the molecule is O=C(N[C@@H](C(=O)O)c1ccccc1)c1ccc(OCC2CCCO2)cc1. The van der Waals surface area contributed by atoms with Gasteiger partial charge in [0.25, 0.3) is 5.91 Å². The van der Waals surface area contributed by atoms with Gasteiger partial charge in [0.05, 0.1) is 6.10 Å². The van der Waals surface area contributed by atoms with Gasteiger partial charge in [0.1, 0.15) is 12.4 Å². The zero-order chi connectivity index (χ0) is 18.4. The summed E-state index contributed by atoms with van der Waals surface area (Å²) in [5.41, 5.74) is 0.890. The molecule has 0 spiro atoms. The van der Waals surface area contributed by atoms with E-state index >= 15 is 0 Å². The Hall–Kier alpha value is -2.86. The lowest BCUT2D eigenvalue weighted by Crippen LogP contribution is -2.33. The van der Waals surface area contributed by atoms with Gasteiger partial charge >= 0.3 is 5.97 Å². The van der Waals surface area contributed by atoms with Crippen LogP contribution in [-0.2, 0) is 9.53 Å². The van der Waals surface area contributed by atoms with Gasteiger partial charge in [-0.2, -0.15) is 0 Å². The van der Waals surface area contributed by atoms with Gasteiger partial charge < -0.3 is 19.9 Å². The first-order chi connectivity index (χ1) is 12.6. The van der Waals surface area contributed by atoms with E-state index in [2.05, 4.69) is 5.32 Å². The van der Waals surface area contributed by atoms with Crippen LogP contribution in [0.1, 0.15) is 34.8 Å². The topological polar surface area (TPSA) is 84.9 Å². The van der Waals surface area contributed by atoms with Gasteiger partial charge in [-0.05, 0) is 42.7 Å². The highest BCUT2D eigenvalue weighted by molar-refractivity contribution is 5.96. The van der Waals surface area contributed by atoms with Crippen LogP contribution in [-0.4, -0.2) is 36.3 Å². The fraction of sp³-hybridized carbons (Fsp3) is 0.300. The molecule has 2 N–H and O–H groups in total. The van der Waals surface area contributed by atoms with Crippen molar-refractivity contribution in [1.29, 1.82) is 0 Å². The van der Waals surface area contributed by atoms with Crippen LogP contribution in [0.2, 0.25) is 0 Å². The summed E-state index contributed by atoms with van der Waals surface area (Å²) in [6.45, 7) is 1.26. The summed E-state index contributed by atoms with van der Waals surface area (Å²) in [6.07, 6.45) is 2.18. The molecule has 2 atom stereocenters. The van der Waals surface area contributed by atoms with Crippen LogP contribution in [0.4, 0.5) is 0 Å². The molecule has 0 aromatic heterocycles. The molecule has 3 rings (SSSR count). The van der Waals surface area contributed by atoms with Crippen molar-refractivity contribution in [3.8, 4) is 5.75 Å². The minimum atomic E-state index is -1.11. The fourth-order valence-electron chi connectivity index (χ4n) is 2.82. The van der Waals surface area contributed by atoms with Gasteiger partial charge in [-0.1, -0.05) is 30.3 Å². The standard InChI is InChI=1S/C20H21NO5/c22-19(21-18(20(23)24)14-5-2-1-3-6-14)15-8-10-16(11-9-15)26-13-17-7-4-12-25-17/h1-3,5-6,8-11,17-18H,4,7,12-13H2,(H,21,22)(H,23,24)/t17?,18-/m1/s1. The van der Waals surface area contributed by atoms with E-state index in [1.54, 1.807) is 54.6 Å². The van der Waals surface area contributed by atoms with Crippen molar-refractivity contribution in [2.45, 2.75) is 25.0 Å². The summed E-state index contributed by atoms with van der Waals surface area (Å²) in [5.74, 6) is -0.914. The van der Waals surface area contributed by atoms with Crippen LogP contribution in [0.5, 0.6) is 5.75 Å². The number of nitrogens with one attached hydrogen (secondary N) is 1. The Morgan fingerprint density at radius 1 is 1.15 bits per heavy atom. The first kappa shape index (κ1) is 17.9. The summed E-state index contributed by atoms with van der Waals surface area (Å²) in [4.78, 5) is 23.9. The van der Waals surface area contributed by atoms with Crippen molar-refractivity contribution in [2.24, 2.45) is 0 Å². The molecule has 26 heavy (non-hydrogen) atoms. The third kappa shape index (κ3) is 4.61. The maximum absolute atomic E-state index is 12.4. The molecule has 6 heteroatoms. The summed E-state index contributed by atoms with van der Waals surface area (Å²) < 4.78 is 11.2. The van der Waals surface area contributed by atoms with Crippen molar-refractivity contribution in [1.82, 2.24) is 5.32 Å². The molecule has 136 valence electrons. The molecular formula is C20H21NO5. The Bertz CT molecular complexity index is 739. The molecule has 1 amide bonds. The van der Waals surface area contributed by atoms with E-state index in [1.807, 2.05) is 0 Å². The highest BCUT2D eigenvalue weighted by Gasteiger charge is 2.22. The quantitative estimate of drug-likeness (QED) is 0.798. The number of carboxylic acid groups (broad SMARTS) is 1. The number of rotatable bonds is 7. The van der Waals surface area contributed by atoms with Crippen molar-refractivity contribution >= 4 is 11.9 Å². The predicted octanol–water partition coefficient (Wildman–Crippen LogP) is 2.80. The van der Waals surface area contributed by atoms with E-state index in [4.69, 9.17) is 9.47 Å². The lowest BCUT2D eigenvalue weighted by molar-refractivity contribution is -0.139. The number of aliphatic carboxylic acids is 1. The zero-order valence-electron chi connectivity index (χ0n) is 14.3. The van der Waals surface area contributed by atoms with Gasteiger partial charge in [0.15, 0.2) is 6.04 Å². The summed E-state index contributed by atoms with van der Waals surface area (Å²) >= 11 is 0. The Morgan fingerprint density at radius 3 is 2.50 bits per heavy atom. The van der Waals surface area contributed by atoms with Crippen LogP contribution in [0, 0.1) is 0 Å². The average Bonchev–Trinajstić information content (AvgIpc) is 3.19. The molecular weight excluding hydrogens is 334 g/mol. The molecule has 1 fully saturated rings. The van der Waals surface area contributed by atoms with Crippen molar-refractivity contribution in [3.05, 3.63) is 65.7 Å². The second-order valence-electron chi connectivity index (χ2n) is 6.13. The van der Waals surface area contributed by atoms with Crippen LogP contribution in [0.25, 0.3) is 0 Å². The third-order valence-electron chi connectivity index (χ3n) is 4.23. The molecule has 0 bridgehead atoms. The van der Waals surface area contributed by atoms with E-state index in [0.717, 1.165) is 19.4 Å². The lowest BCUT2D eigenvalue weighted by Gasteiger charge is -2.15. The van der Waals surface area contributed by atoms with E-state index in [0.29, 0.717) is 23.5 Å². The van der Waals surface area contributed by atoms with Gasteiger partial charge in [-0.15, -0.1) is 0 Å². The van der Waals surface area contributed by atoms with E-state index in [-0.39, 0.29) is 6.10 Å². The second-order valence-corrected chi connectivity index (χ2v) is 6.13. The molecule has 0 saturated carbocycles. The predicted molar refractivity (Wildman–Crippen MR) is 95.2 cm³/mol. The average molecular weight is 355 g/mol. The molecule has 2 aromatic rings. The molecule has 0 aliphatic carbocycles. The van der Waals surface area contributed by atoms with Crippen molar-refractivity contribution in [3.63, 3.8) is 0 Å². The molecule has 0 radical (unpaired) electrons. The molecule has 1 aliphatic heterocycles. The molecule has 1 saturated heterocycles. The van der Waals surface area contributed by atoms with Crippen molar-refractivity contribution < 1.29 is 24.2 Å². The minimum absolute atomic E-state index is 0.125. The first-order valence-corrected chi connectivity index (χ1v) is 8.56. The monoisotopic (exact) mass is 355 g/mol. The molecule has 1 unspecified atom stereocenters. The number of carboxylic acids is 1. The summed E-state index contributed by atoms with van der Waals surface area (Å²) in [7, 11) is 0. The van der Waals surface area contributed by atoms with E-state index < -0.39 is 17.9 Å². The smallest absolute Gasteiger partial charge is 0.330 e. The first-order valence-electron chi connectivity index (χ1n) is 8.56. The van der Waals surface area contributed by atoms with Gasteiger partial charge in [-0.25, -0.2) is 4.79 Å². The summed E-state index contributed by atoms with van der Waals surface area (Å²) in [5, 5.41) is 11.9. The largest absolute Gasteiger partial charge is 0.491 e. The van der Waals surface area contributed by atoms with Crippen molar-refractivity contribution in [2.75, 3.05) is 13.2 Å². The number of benzene rings is 2. The Labute approximate surface area is 151 Å². The minimum Gasteiger partial charge on any atom is -0.491 e. The van der Waals surface area contributed by atoms with E-state index in [9.17, 15) is 14.7 Å². The number of hydrogen-bond donors (Lipinski definition) is 2.